The minimum atomic E-state index is -0.720. The van der Waals surface area contributed by atoms with Gasteiger partial charge in [0.05, 0.1) is 5.60 Å². The molecule has 0 aliphatic heterocycles. The van der Waals surface area contributed by atoms with Crippen LogP contribution in [0.2, 0.25) is 0 Å². The molecule has 1 rings (SSSR count). The summed E-state index contributed by atoms with van der Waals surface area (Å²) in [4.78, 5) is 6.71. The largest absolute Gasteiger partial charge is 0.389 e. The lowest BCUT2D eigenvalue weighted by atomic mass is 10.1. The zero-order valence-corrected chi connectivity index (χ0v) is 13.7. The number of pyridine rings is 1. The number of nitrogens with zero attached hydrogens (tertiary/aromatic N) is 2. The SMILES string of the molecule is CCN(CC(C)(C)O)c1ncc(CNC(C)C)cc1C. The number of aromatic nitrogens is 1. The van der Waals surface area contributed by atoms with Gasteiger partial charge < -0.3 is 15.3 Å². The molecule has 1 aromatic rings. The third kappa shape index (κ3) is 5.47. The van der Waals surface area contributed by atoms with Crippen LogP contribution in [0.1, 0.15) is 45.7 Å². The standard InChI is InChI=1S/C16H29N3O/c1-7-19(11-16(5,6)20)15-13(4)8-14(10-18-15)9-17-12(2)3/h8,10,12,17,20H,7,9,11H2,1-6H3. The summed E-state index contributed by atoms with van der Waals surface area (Å²) >= 11 is 0. The highest BCUT2D eigenvalue weighted by Crippen LogP contribution is 2.20. The van der Waals surface area contributed by atoms with Crippen LogP contribution in [-0.4, -0.2) is 34.8 Å². The van der Waals surface area contributed by atoms with E-state index in [0.29, 0.717) is 12.6 Å². The molecule has 0 spiro atoms. The molecule has 0 saturated carbocycles. The Balaban J connectivity index is 2.85. The van der Waals surface area contributed by atoms with E-state index in [9.17, 15) is 5.11 Å². The Morgan fingerprint density at radius 1 is 1.40 bits per heavy atom. The second-order valence-electron chi connectivity index (χ2n) is 6.35. The van der Waals surface area contributed by atoms with Gasteiger partial charge in [-0.25, -0.2) is 4.98 Å². The van der Waals surface area contributed by atoms with Crippen molar-refractivity contribution < 1.29 is 5.11 Å². The molecule has 1 heterocycles. The van der Waals surface area contributed by atoms with E-state index in [1.165, 1.54) is 5.56 Å². The summed E-state index contributed by atoms with van der Waals surface area (Å²) in [7, 11) is 0. The number of aryl methyl sites for hydroxylation is 1. The molecule has 20 heavy (non-hydrogen) atoms. The summed E-state index contributed by atoms with van der Waals surface area (Å²) in [5.41, 5.74) is 1.63. The molecule has 2 N–H and O–H groups in total. The molecule has 4 nitrogen and oxygen atoms in total. The molecule has 1 aromatic heterocycles. The zero-order valence-electron chi connectivity index (χ0n) is 13.7. The van der Waals surface area contributed by atoms with E-state index in [-0.39, 0.29) is 0 Å². The minimum Gasteiger partial charge on any atom is -0.389 e. The van der Waals surface area contributed by atoms with E-state index in [2.05, 4.69) is 49.0 Å². The van der Waals surface area contributed by atoms with Gasteiger partial charge in [0, 0.05) is 31.9 Å². The smallest absolute Gasteiger partial charge is 0.131 e. The Hall–Kier alpha value is -1.13. The topological polar surface area (TPSA) is 48.4 Å². The van der Waals surface area contributed by atoms with E-state index in [1.54, 1.807) is 0 Å². The van der Waals surface area contributed by atoms with Crippen LogP contribution in [0.15, 0.2) is 12.3 Å². The van der Waals surface area contributed by atoms with Crippen LogP contribution < -0.4 is 10.2 Å². The Labute approximate surface area is 123 Å². The van der Waals surface area contributed by atoms with Crippen LogP contribution in [0.4, 0.5) is 5.82 Å². The van der Waals surface area contributed by atoms with Gasteiger partial charge in [0.25, 0.3) is 0 Å². The maximum absolute atomic E-state index is 9.99. The summed E-state index contributed by atoms with van der Waals surface area (Å²) in [6.45, 7) is 14.3. The average Bonchev–Trinajstić information content (AvgIpc) is 2.33. The summed E-state index contributed by atoms with van der Waals surface area (Å²) in [5.74, 6) is 0.961. The van der Waals surface area contributed by atoms with Gasteiger partial charge in [-0.1, -0.05) is 13.8 Å². The highest BCUT2D eigenvalue weighted by atomic mass is 16.3. The van der Waals surface area contributed by atoms with Crippen molar-refractivity contribution in [1.29, 1.82) is 0 Å². The fraction of sp³-hybridized carbons (Fsp3) is 0.688. The van der Waals surface area contributed by atoms with Crippen molar-refractivity contribution in [2.24, 2.45) is 0 Å². The highest BCUT2D eigenvalue weighted by Gasteiger charge is 2.19. The van der Waals surface area contributed by atoms with E-state index < -0.39 is 5.60 Å². The average molecular weight is 279 g/mol. The fourth-order valence-corrected chi connectivity index (χ4v) is 2.18. The van der Waals surface area contributed by atoms with Crippen LogP contribution >= 0.6 is 0 Å². The van der Waals surface area contributed by atoms with Crippen molar-refractivity contribution in [3.63, 3.8) is 0 Å². The van der Waals surface area contributed by atoms with E-state index in [1.807, 2.05) is 20.0 Å². The number of likely N-dealkylation sites (N-methyl/N-ethyl adjacent to an activating group) is 1. The Kier molecular flexibility index (Phi) is 5.96. The van der Waals surface area contributed by atoms with Gasteiger partial charge in [0.15, 0.2) is 0 Å². The molecule has 0 bridgehead atoms. The first-order valence-electron chi connectivity index (χ1n) is 7.39. The number of anilines is 1. The molecule has 114 valence electrons. The van der Waals surface area contributed by atoms with Gasteiger partial charge in [-0.2, -0.15) is 0 Å². The number of hydrogen-bond acceptors (Lipinski definition) is 4. The molecular formula is C16H29N3O. The molecule has 0 atom stereocenters. The number of rotatable bonds is 7. The van der Waals surface area contributed by atoms with Crippen molar-refractivity contribution in [2.45, 2.75) is 59.7 Å². The van der Waals surface area contributed by atoms with Crippen molar-refractivity contribution in [2.75, 3.05) is 18.0 Å². The first-order valence-corrected chi connectivity index (χ1v) is 7.39. The molecule has 0 saturated heterocycles. The molecular weight excluding hydrogens is 250 g/mol. The second kappa shape index (κ2) is 7.04. The molecule has 0 fully saturated rings. The second-order valence-corrected chi connectivity index (χ2v) is 6.35. The Morgan fingerprint density at radius 2 is 2.05 bits per heavy atom. The lowest BCUT2D eigenvalue weighted by molar-refractivity contribution is 0.0874. The van der Waals surface area contributed by atoms with E-state index in [0.717, 1.165) is 24.5 Å². The van der Waals surface area contributed by atoms with Gasteiger partial charge in [0.2, 0.25) is 0 Å². The van der Waals surface area contributed by atoms with E-state index in [4.69, 9.17) is 0 Å². The van der Waals surface area contributed by atoms with Gasteiger partial charge in [0.1, 0.15) is 5.82 Å². The Bertz CT molecular complexity index is 424. The van der Waals surface area contributed by atoms with Gasteiger partial charge in [-0.3, -0.25) is 0 Å². The lowest BCUT2D eigenvalue weighted by Crippen LogP contribution is -2.39. The van der Waals surface area contributed by atoms with Crippen LogP contribution in [0, 0.1) is 6.92 Å². The first kappa shape index (κ1) is 16.9. The van der Waals surface area contributed by atoms with Gasteiger partial charge in [-0.05, 0) is 44.9 Å². The van der Waals surface area contributed by atoms with Crippen LogP contribution in [0.3, 0.4) is 0 Å². The number of hydrogen-bond donors (Lipinski definition) is 2. The lowest BCUT2D eigenvalue weighted by Gasteiger charge is -2.30. The predicted octanol–water partition coefficient (Wildman–Crippen LogP) is 2.49. The van der Waals surface area contributed by atoms with Gasteiger partial charge >= 0.3 is 0 Å². The molecule has 0 unspecified atom stereocenters. The van der Waals surface area contributed by atoms with Crippen LogP contribution in [0.25, 0.3) is 0 Å². The quantitative estimate of drug-likeness (QED) is 0.805. The van der Waals surface area contributed by atoms with Crippen molar-refractivity contribution in [3.8, 4) is 0 Å². The highest BCUT2D eigenvalue weighted by molar-refractivity contribution is 5.47. The van der Waals surface area contributed by atoms with Crippen molar-refractivity contribution in [1.82, 2.24) is 10.3 Å². The molecule has 0 aliphatic rings. The monoisotopic (exact) mass is 279 g/mol. The van der Waals surface area contributed by atoms with Crippen molar-refractivity contribution in [3.05, 3.63) is 23.4 Å². The number of nitrogens with one attached hydrogen (secondary N) is 1. The third-order valence-electron chi connectivity index (χ3n) is 3.08. The summed E-state index contributed by atoms with van der Waals surface area (Å²) in [6, 6.07) is 2.64. The minimum absolute atomic E-state index is 0.470. The Morgan fingerprint density at radius 3 is 2.50 bits per heavy atom. The summed E-state index contributed by atoms with van der Waals surface area (Å²) in [5, 5.41) is 13.4. The normalized spacial score (nSPS) is 12.0. The molecule has 0 aliphatic carbocycles. The maximum atomic E-state index is 9.99. The zero-order chi connectivity index (χ0) is 15.3. The summed E-state index contributed by atoms with van der Waals surface area (Å²) < 4.78 is 0. The third-order valence-corrected chi connectivity index (χ3v) is 3.08. The molecule has 0 aromatic carbocycles. The number of aliphatic hydroxyl groups is 1. The molecule has 0 radical (unpaired) electrons. The van der Waals surface area contributed by atoms with E-state index >= 15 is 0 Å². The maximum Gasteiger partial charge on any atom is 0.131 e. The molecule has 0 amide bonds. The predicted molar refractivity (Wildman–Crippen MR) is 85.1 cm³/mol. The summed E-state index contributed by atoms with van der Waals surface area (Å²) in [6.07, 6.45) is 1.92. The fourth-order valence-electron chi connectivity index (χ4n) is 2.18. The van der Waals surface area contributed by atoms with Crippen LogP contribution in [-0.2, 0) is 6.54 Å². The van der Waals surface area contributed by atoms with Gasteiger partial charge in [-0.15, -0.1) is 0 Å². The van der Waals surface area contributed by atoms with Crippen molar-refractivity contribution >= 4 is 5.82 Å². The molecule has 4 heteroatoms. The van der Waals surface area contributed by atoms with Crippen LogP contribution in [0.5, 0.6) is 0 Å². The first-order chi connectivity index (χ1) is 9.23.